The number of benzene rings is 2. The third-order valence-electron chi connectivity index (χ3n) is 4.13. The van der Waals surface area contributed by atoms with Gasteiger partial charge in [0, 0.05) is 29.2 Å². The van der Waals surface area contributed by atoms with E-state index in [1.165, 1.54) is 0 Å². The van der Waals surface area contributed by atoms with Gasteiger partial charge < -0.3 is 15.0 Å². The molecule has 0 aliphatic carbocycles. The van der Waals surface area contributed by atoms with Crippen molar-refractivity contribution in [3.05, 3.63) is 71.4 Å². The summed E-state index contributed by atoms with van der Waals surface area (Å²) < 4.78 is 5.24. The van der Waals surface area contributed by atoms with Gasteiger partial charge in [-0.3, -0.25) is 4.79 Å². The molecular formula is C21H19N3O2. The standard InChI is InChI=1S/C21H19N3O2/c1-26-18-7-8-20-19(12-18)17(14-24-20)11-16(13-22)21(25)23-10-9-15-5-3-2-4-6-15/h2-8,11-12,14,24H,9-10H2,1H3,(H,23,25)/b16-11+. The fourth-order valence-electron chi connectivity index (χ4n) is 2.73. The molecule has 2 aromatic carbocycles. The van der Waals surface area contributed by atoms with E-state index in [9.17, 15) is 10.1 Å². The number of aromatic amines is 1. The fourth-order valence-corrected chi connectivity index (χ4v) is 2.73. The summed E-state index contributed by atoms with van der Waals surface area (Å²) in [7, 11) is 1.60. The number of carbonyl (C=O) groups excluding carboxylic acids is 1. The number of ether oxygens (including phenoxy) is 1. The van der Waals surface area contributed by atoms with Crippen LogP contribution in [0.25, 0.3) is 17.0 Å². The van der Waals surface area contributed by atoms with Crippen LogP contribution >= 0.6 is 0 Å². The number of amides is 1. The molecular weight excluding hydrogens is 326 g/mol. The molecule has 3 rings (SSSR count). The van der Waals surface area contributed by atoms with Crippen molar-refractivity contribution in [1.29, 1.82) is 5.26 Å². The van der Waals surface area contributed by atoms with Gasteiger partial charge in [-0.1, -0.05) is 30.3 Å². The highest BCUT2D eigenvalue weighted by molar-refractivity contribution is 6.04. The van der Waals surface area contributed by atoms with Crippen molar-refractivity contribution < 1.29 is 9.53 Å². The molecule has 5 nitrogen and oxygen atoms in total. The smallest absolute Gasteiger partial charge is 0.261 e. The number of hydrogen-bond donors (Lipinski definition) is 2. The molecule has 0 spiro atoms. The molecule has 0 saturated heterocycles. The number of methoxy groups -OCH3 is 1. The Hall–Kier alpha value is -3.52. The van der Waals surface area contributed by atoms with E-state index >= 15 is 0 Å². The van der Waals surface area contributed by atoms with Gasteiger partial charge in [-0.15, -0.1) is 0 Å². The Labute approximate surface area is 151 Å². The Bertz CT molecular complexity index is 981. The summed E-state index contributed by atoms with van der Waals surface area (Å²) in [6.07, 6.45) is 4.09. The summed E-state index contributed by atoms with van der Waals surface area (Å²) in [5, 5.41) is 13.1. The molecule has 130 valence electrons. The zero-order valence-corrected chi connectivity index (χ0v) is 14.5. The summed E-state index contributed by atoms with van der Waals surface area (Å²) >= 11 is 0. The third-order valence-corrected chi connectivity index (χ3v) is 4.13. The van der Waals surface area contributed by atoms with Crippen molar-refractivity contribution in [1.82, 2.24) is 10.3 Å². The number of nitriles is 1. The number of fused-ring (bicyclic) bond motifs is 1. The molecule has 0 atom stereocenters. The number of nitrogens with one attached hydrogen (secondary N) is 2. The van der Waals surface area contributed by atoms with Gasteiger partial charge in [0.25, 0.3) is 5.91 Å². The highest BCUT2D eigenvalue weighted by atomic mass is 16.5. The van der Waals surface area contributed by atoms with Gasteiger partial charge in [0.2, 0.25) is 0 Å². The zero-order valence-electron chi connectivity index (χ0n) is 14.5. The Kier molecular flexibility index (Phi) is 5.35. The van der Waals surface area contributed by atoms with Crippen LogP contribution in [-0.4, -0.2) is 24.5 Å². The molecule has 0 bridgehead atoms. The second kappa shape index (κ2) is 8.04. The van der Waals surface area contributed by atoms with Crippen LogP contribution < -0.4 is 10.1 Å². The highest BCUT2D eigenvalue weighted by Gasteiger charge is 2.11. The number of aromatic nitrogens is 1. The maximum Gasteiger partial charge on any atom is 0.261 e. The van der Waals surface area contributed by atoms with Crippen molar-refractivity contribution in [3.63, 3.8) is 0 Å². The number of carbonyl (C=O) groups is 1. The fraction of sp³-hybridized carbons (Fsp3) is 0.143. The third kappa shape index (κ3) is 3.93. The number of H-pyrrole nitrogens is 1. The lowest BCUT2D eigenvalue weighted by molar-refractivity contribution is -0.117. The molecule has 5 heteroatoms. The van der Waals surface area contributed by atoms with Crippen LogP contribution in [0, 0.1) is 11.3 Å². The minimum Gasteiger partial charge on any atom is -0.497 e. The van der Waals surface area contributed by atoms with E-state index < -0.39 is 0 Å². The minimum absolute atomic E-state index is 0.0711. The summed E-state index contributed by atoms with van der Waals surface area (Å²) in [5.74, 6) is 0.346. The summed E-state index contributed by atoms with van der Waals surface area (Å²) in [6.45, 7) is 0.476. The van der Waals surface area contributed by atoms with Crippen molar-refractivity contribution in [2.75, 3.05) is 13.7 Å². The first-order valence-corrected chi connectivity index (χ1v) is 8.30. The summed E-state index contributed by atoms with van der Waals surface area (Å²) in [4.78, 5) is 15.4. The number of hydrogen-bond acceptors (Lipinski definition) is 3. The summed E-state index contributed by atoms with van der Waals surface area (Å²) in [6, 6.07) is 17.5. The van der Waals surface area contributed by atoms with Crippen LogP contribution in [0.3, 0.4) is 0 Å². The molecule has 0 saturated carbocycles. The van der Waals surface area contributed by atoms with E-state index in [-0.39, 0.29) is 11.5 Å². The molecule has 1 amide bonds. The lowest BCUT2D eigenvalue weighted by atomic mass is 10.1. The van der Waals surface area contributed by atoms with Gasteiger partial charge in [-0.05, 0) is 36.3 Å². The van der Waals surface area contributed by atoms with E-state index in [0.29, 0.717) is 6.54 Å². The first kappa shape index (κ1) is 17.3. The molecule has 0 aliphatic rings. The van der Waals surface area contributed by atoms with Crippen LogP contribution in [0.2, 0.25) is 0 Å². The monoisotopic (exact) mass is 345 g/mol. The van der Waals surface area contributed by atoms with Crippen LogP contribution in [0.15, 0.2) is 60.3 Å². The van der Waals surface area contributed by atoms with E-state index in [1.54, 1.807) is 19.4 Å². The first-order valence-electron chi connectivity index (χ1n) is 8.30. The predicted molar refractivity (Wildman–Crippen MR) is 102 cm³/mol. The van der Waals surface area contributed by atoms with Crippen LogP contribution in [-0.2, 0) is 11.2 Å². The molecule has 1 aromatic heterocycles. The van der Waals surface area contributed by atoms with Crippen LogP contribution in [0.5, 0.6) is 5.75 Å². The van der Waals surface area contributed by atoms with Crippen LogP contribution in [0.4, 0.5) is 0 Å². The molecule has 26 heavy (non-hydrogen) atoms. The number of nitrogens with zero attached hydrogens (tertiary/aromatic N) is 1. The average Bonchev–Trinajstić information content (AvgIpc) is 3.08. The lowest BCUT2D eigenvalue weighted by Crippen LogP contribution is -2.26. The SMILES string of the molecule is COc1ccc2[nH]cc(/C=C(\C#N)C(=O)NCCc3ccccc3)c2c1. The van der Waals surface area contributed by atoms with Gasteiger partial charge in [-0.2, -0.15) is 5.26 Å². The normalized spacial score (nSPS) is 11.2. The van der Waals surface area contributed by atoms with Gasteiger partial charge in [0.05, 0.1) is 7.11 Å². The minimum atomic E-state index is -0.374. The lowest BCUT2D eigenvalue weighted by Gasteiger charge is -2.04. The second-order valence-electron chi connectivity index (χ2n) is 5.82. The molecule has 0 fully saturated rings. The van der Waals surface area contributed by atoms with Crippen molar-refractivity contribution in [2.45, 2.75) is 6.42 Å². The topological polar surface area (TPSA) is 77.9 Å². The number of rotatable bonds is 6. The largest absolute Gasteiger partial charge is 0.497 e. The van der Waals surface area contributed by atoms with Crippen LogP contribution in [0.1, 0.15) is 11.1 Å². The Morgan fingerprint density at radius 3 is 2.81 bits per heavy atom. The molecule has 0 unspecified atom stereocenters. The second-order valence-corrected chi connectivity index (χ2v) is 5.82. The zero-order chi connectivity index (χ0) is 18.4. The Balaban J connectivity index is 1.73. The van der Waals surface area contributed by atoms with Gasteiger partial charge in [0.1, 0.15) is 17.4 Å². The van der Waals surface area contributed by atoms with Gasteiger partial charge in [-0.25, -0.2) is 0 Å². The van der Waals surface area contributed by atoms with Crippen molar-refractivity contribution in [3.8, 4) is 11.8 Å². The Morgan fingerprint density at radius 2 is 2.08 bits per heavy atom. The van der Waals surface area contributed by atoms with Gasteiger partial charge in [0.15, 0.2) is 0 Å². The van der Waals surface area contributed by atoms with E-state index in [4.69, 9.17) is 4.74 Å². The van der Waals surface area contributed by atoms with Crippen molar-refractivity contribution >= 4 is 22.9 Å². The highest BCUT2D eigenvalue weighted by Crippen LogP contribution is 2.25. The van der Waals surface area contributed by atoms with Gasteiger partial charge >= 0.3 is 0 Å². The first-order chi connectivity index (χ1) is 12.7. The quantitative estimate of drug-likeness (QED) is 0.531. The Morgan fingerprint density at radius 1 is 1.27 bits per heavy atom. The maximum absolute atomic E-state index is 12.3. The average molecular weight is 345 g/mol. The van der Waals surface area contributed by atoms with E-state index in [1.807, 2.05) is 54.6 Å². The van der Waals surface area contributed by atoms with E-state index in [0.717, 1.165) is 34.2 Å². The molecule has 0 aliphatic heterocycles. The maximum atomic E-state index is 12.3. The molecule has 3 aromatic rings. The van der Waals surface area contributed by atoms with Crippen molar-refractivity contribution in [2.24, 2.45) is 0 Å². The van der Waals surface area contributed by atoms with E-state index in [2.05, 4.69) is 10.3 Å². The molecule has 0 radical (unpaired) electrons. The summed E-state index contributed by atoms with van der Waals surface area (Å²) in [5.41, 5.74) is 2.90. The molecule has 1 heterocycles. The molecule has 2 N–H and O–H groups in total. The predicted octanol–water partition coefficient (Wildman–Crippen LogP) is 3.44.